The number of nitrogens with zero attached hydrogens (tertiary/aromatic N) is 1. The summed E-state index contributed by atoms with van der Waals surface area (Å²) < 4.78 is 7.30. The summed E-state index contributed by atoms with van der Waals surface area (Å²) in [5.41, 5.74) is 4.01. The largest absolute Gasteiger partial charge is 0.492 e. The lowest BCUT2D eigenvalue weighted by Gasteiger charge is -2.26. The predicted octanol–water partition coefficient (Wildman–Crippen LogP) is 5.60. The Morgan fingerprint density at radius 2 is 2.12 bits per heavy atom. The van der Waals surface area contributed by atoms with Gasteiger partial charge in [0.15, 0.2) is 0 Å². The molecule has 0 spiro atoms. The standard InChI is InChI=1S/C20H20ClNO2S/c1-12-7-14(21)8-17(19(12)24-11-13-3-2-4-13)16-5-6-22-18-9-15(10-23)25-20(16)18/h5-9,13,23H,2-4,10-11H2,1H3. The van der Waals surface area contributed by atoms with Gasteiger partial charge in [-0.1, -0.05) is 18.0 Å². The molecule has 4 rings (SSSR count). The first-order valence-corrected chi connectivity index (χ1v) is 9.76. The summed E-state index contributed by atoms with van der Waals surface area (Å²) in [6.07, 6.45) is 5.63. The number of pyridine rings is 1. The Labute approximate surface area is 156 Å². The van der Waals surface area contributed by atoms with Crippen LogP contribution in [0.15, 0.2) is 30.5 Å². The van der Waals surface area contributed by atoms with Gasteiger partial charge in [0.25, 0.3) is 0 Å². The van der Waals surface area contributed by atoms with Crippen LogP contribution in [-0.2, 0) is 6.61 Å². The molecule has 0 radical (unpaired) electrons. The van der Waals surface area contributed by atoms with Gasteiger partial charge in [0.05, 0.1) is 23.4 Å². The molecule has 3 nitrogen and oxygen atoms in total. The van der Waals surface area contributed by atoms with E-state index < -0.39 is 0 Å². The summed E-state index contributed by atoms with van der Waals surface area (Å²) in [6, 6.07) is 7.86. The van der Waals surface area contributed by atoms with Crippen molar-refractivity contribution in [3.8, 4) is 16.9 Å². The summed E-state index contributed by atoms with van der Waals surface area (Å²) in [4.78, 5) is 5.34. The maximum Gasteiger partial charge on any atom is 0.130 e. The lowest BCUT2D eigenvalue weighted by Crippen LogP contribution is -2.19. The van der Waals surface area contributed by atoms with E-state index in [4.69, 9.17) is 16.3 Å². The Bertz CT molecular complexity index is 917. The third kappa shape index (κ3) is 3.26. The molecule has 1 aliphatic carbocycles. The molecule has 1 aliphatic rings. The monoisotopic (exact) mass is 373 g/mol. The summed E-state index contributed by atoms with van der Waals surface area (Å²) in [6.45, 7) is 2.83. The van der Waals surface area contributed by atoms with Crippen LogP contribution in [0.1, 0.15) is 29.7 Å². The van der Waals surface area contributed by atoms with Crippen molar-refractivity contribution in [1.82, 2.24) is 4.98 Å². The first-order chi connectivity index (χ1) is 12.2. The molecule has 1 saturated carbocycles. The zero-order chi connectivity index (χ0) is 17.4. The van der Waals surface area contributed by atoms with E-state index in [0.717, 1.165) is 44.1 Å². The minimum absolute atomic E-state index is 0.0279. The van der Waals surface area contributed by atoms with Gasteiger partial charge in [-0.05, 0) is 55.5 Å². The van der Waals surface area contributed by atoms with E-state index in [1.54, 1.807) is 17.5 Å². The number of fused-ring (bicyclic) bond motifs is 1. The van der Waals surface area contributed by atoms with Crippen molar-refractivity contribution in [2.24, 2.45) is 5.92 Å². The predicted molar refractivity (Wildman–Crippen MR) is 104 cm³/mol. The lowest BCUT2D eigenvalue weighted by molar-refractivity contribution is 0.180. The van der Waals surface area contributed by atoms with Crippen LogP contribution in [0.25, 0.3) is 21.3 Å². The minimum Gasteiger partial charge on any atom is -0.492 e. The van der Waals surface area contributed by atoms with Crippen LogP contribution < -0.4 is 4.74 Å². The van der Waals surface area contributed by atoms with Crippen LogP contribution in [0.2, 0.25) is 5.02 Å². The Morgan fingerprint density at radius 3 is 2.84 bits per heavy atom. The van der Waals surface area contributed by atoms with E-state index in [9.17, 15) is 5.11 Å². The average molecular weight is 374 g/mol. The molecule has 130 valence electrons. The van der Waals surface area contributed by atoms with Crippen LogP contribution >= 0.6 is 22.9 Å². The molecule has 1 N–H and O–H groups in total. The van der Waals surface area contributed by atoms with Crippen molar-refractivity contribution in [3.63, 3.8) is 0 Å². The molecule has 5 heteroatoms. The highest BCUT2D eigenvalue weighted by Gasteiger charge is 2.21. The van der Waals surface area contributed by atoms with E-state index in [1.807, 2.05) is 31.2 Å². The summed E-state index contributed by atoms with van der Waals surface area (Å²) in [5, 5.41) is 10.2. The topological polar surface area (TPSA) is 42.4 Å². The first kappa shape index (κ1) is 16.8. The number of rotatable bonds is 5. The quantitative estimate of drug-likeness (QED) is 0.633. The van der Waals surface area contributed by atoms with Gasteiger partial charge in [-0.3, -0.25) is 4.98 Å². The smallest absolute Gasteiger partial charge is 0.130 e. The molecule has 0 atom stereocenters. The number of thiophene rings is 1. The molecule has 25 heavy (non-hydrogen) atoms. The second kappa shape index (κ2) is 6.94. The lowest BCUT2D eigenvalue weighted by atomic mass is 9.86. The second-order valence-electron chi connectivity index (χ2n) is 6.65. The minimum atomic E-state index is 0.0279. The summed E-state index contributed by atoms with van der Waals surface area (Å²) >= 11 is 7.92. The van der Waals surface area contributed by atoms with Crippen molar-refractivity contribution in [2.45, 2.75) is 32.8 Å². The summed E-state index contributed by atoms with van der Waals surface area (Å²) in [5.74, 6) is 1.57. The number of hydrogen-bond acceptors (Lipinski definition) is 4. The second-order valence-corrected chi connectivity index (χ2v) is 8.22. The van der Waals surface area contributed by atoms with Gasteiger partial charge >= 0.3 is 0 Å². The van der Waals surface area contributed by atoms with Gasteiger partial charge in [-0.15, -0.1) is 11.3 Å². The summed E-state index contributed by atoms with van der Waals surface area (Å²) in [7, 11) is 0. The number of aromatic nitrogens is 1. The SMILES string of the molecule is Cc1cc(Cl)cc(-c2ccnc3cc(CO)sc23)c1OCC1CCC1. The third-order valence-corrected chi connectivity index (χ3v) is 6.20. The number of benzene rings is 1. The fourth-order valence-electron chi connectivity index (χ4n) is 3.26. The number of aliphatic hydroxyl groups is 1. The normalized spacial score (nSPS) is 14.7. The van der Waals surface area contributed by atoms with Crippen molar-refractivity contribution in [3.05, 3.63) is 45.9 Å². The maximum atomic E-state index is 9.46. The maximum absolute atomic E-state index is 9.46. The highest BCUT2D eigenvalue weighted by atomic mass is 35.5. The average Bonchev–Trinajstić information content (AvgIpc) is 2.98. The molecule has 3 aromatic rings. The molecule has 1 aromatic carbocycles. The van der Waals surface area contributed by atoms with Crippen molar-refractivity contribution < 1.29 is 9.84 Å². The Balaban J connectivity index is 1.82. The number of hydrogen-bond donors (Lipinski definition) is 1. The molecule has 0 amide bonds. The zero-order valence-electron chi connectivity index (χ0n) is 14.1. The molecular formula is C20H20ClNO2S. The first-order valence-electron chi connectivity index (χ1n) is 8.57. The van der Waals surface area contributed by atoms with Gasteiger partial charge in [0.1, 0.15) is 5.75 Å². The van der Waals surface area contributed by atoms with Gasteiger partial charge in [-0.2, -0.15) is 0 Å². The van der Waals surface area contributed by atoms with Crippen molar-refractivity contribution in [2.75, 3.05) is 6.61 Å². The Hall–Kier alpha value is -1.62. The number of ether oxygens (including phenoxy) is 1. The van der Waals surface area contributed by atoms with Crippen LogP contribution in [0.5, 0.6) is 5.75 Å². The van der Waals surface area contributed by atoms with E-state index in [0.29, 0.717) is 10.9 Å². The number of halogens is 1. The fraction of sp³-hybridized carbons (Fsp3) is 0.350. The van der Waals surface area contributed by atoms with Crippen LogP contribution in [0.4, 0.5) is 0 Å². The van der Waals surface area contributed by atoms with E-state index >= 15 is 0 Å². The van der Waals surface area contributed by atoms with E-state index in [-0.39, 0.29) is 6.61 Å². The molecule has 0 saturated heterocycles. The van der Waals surface area contributed by atoms with Crippen molar-refractivity contribution >= 4 is 33.2 Å². The molecule has 2 heterocycles. The highest BCUT2D eigenvalue weighted by Crippen LogP contribution is 2.41. The third-order valence-electron chi connectivity index (χ3n) is 4.84. The fourth-order valence-corrected chi connectivity index (χ4v) is 4.53. The molecular weight excluding hydrogens is 354 g/mol. The van der Waals surface area contributed by atoms with E-state index in [2.05, 4.69) is 4.98 Å². The van der Waals surface area contributed by atoms with E-state index in [1.165, 1.54) is 19.3 Å². The molecule has 0 unspecified atom stereocenters. The highest BCUT2D eigenvalue weighted by molar-refractivity contribution is 7.19. The zero-order valence-corrected chi connectivity index (χ0v) is 15.7. The van der Waals surface area contributed by atoms with Gasteiger partial charge in [0.2, 0.25) is 0 Å². The van der Waals surface area contributed by atoms with Gasteiger partial charge < -0.3 is 9.84 Å². The van der Waals surface area contributed by atoms with Crippen LogP contribution in [0, 0.1) is 12.8 Å². The molecule has 0 bridgehead atoms. The van der Waals surface area contributed by atoms with Gasteiger partial charge in [0, 0.05) is 27.2 Å². The van der Waals surface area contributed by atoms with Crippen LogP contribution in [-0.4, -0.2) is 16.7 Å². The van der Waals surface area contributed by atoms with Crippen LogP contribution in [0.3, 0.4) is 0 Å². The molecule has 2 aromatic heterocycles. The molecule has 1 fully saturated rings. The Morgan fingerprint density at radius 1 is 1.28 bits per heavy atom. The van der Waals surface area contributed by atoms with Gasteiger partial charge in [-0.25, -0.2) is 0 Å². The number of aliphatic hydroxyl groups excluding tert-OH is 1. The Kier molecular flexibility index (Phi) is 4.67. The molecule has 0 aliphatic heterocycles. The van der Waals surface area contributed by atoms with Crippen molar-refractivity contribution in [1.29, 1.82) is 0 Å². The number of aryl methyl sites for hydroxylation is 1.